The number of anilines is 1. The van der Waals surface area contributed by atoms with E-state index in [9.17, 15) is 9.59 Å². The summed E-state index contributed by atoms with van der Waals surface area (Å²) in [4.78, 5) is 23.5. The van der Waals surface area contributed by atoms with Crippen LogP contribution in [0.4, 0.5) is 5.69 Å². The number of hydrogen-bond donors (Lipinski definition) is 2. The normalized spacial score (nSPS) is 14.6. The Morgan fingerprint density at radius 3 is 2.50 bits per heavy atom. The number of rotatable bonds is 6. The quantitative estimate of drug-likeness (QED) is 0.626. The van der Waals surface area contributed by atoms with Gasteiger partial charge in [0.15, 0.2) is 0 Å². The first-order valence-corrected chi connectivity index (χ1v) is 7.66. The molecular formula is C17H23N3O2. The lowest BCUT2D eigenvalue weighted by molar-refractivity contribution is -0.124. The molecule has 2 N–H and O–H groups in total. The van der Waals surface area contributed by atoms with E-state index >= 15 is 0 Å². The maximum atomic E-state index is 11.9. The van der Waals surface area contributed by atoms with Crippen molar-refractivity contribution in [3.63, 3.8) is 0 Å². The van der Waals surface area contributed by atoms with Crippen LogP contribution in [0.15, 0.2) is 23.3 Å². The van der Waals surface area contributed by atoms with Crippen molar-refractivity contribution < 1.29 is 9.59 Å². The van der Waals surface area contributed by atoms with Crippen LogP contribution >= 0.6 is 0 Å². The predicted molar refractivity (Wildman–Crippen MR) is 87.8 cm³/mol. The third kappa shape index (κ3) is 4.98. The van der Waals surface area contributed by atoms with Crippen molar-refractivity contribution in [2.24, 2.45) is 11.0 Å². The van der Waals surface area contributed by atoms with Gasteiger partial charge in [0.05, 0.1) is 0 Å². The highest BCUT2D eigenvalue weighted by Crippen LogP contribution is 2.30. The van der Waals surface area contributed by atoms with Crippen LogP contribution in [0.25, 0.3) is 0 Å². The zero-order valence-corrected chi connectivity index (χ0v) is 13.4. The van der Waals surface area contributed by atoms with E-state index in [0.717, 1.165) is 35.4 Å². The Balaban J connectivity index is 1.75. The summed E-state index contributed by atoms with van der Waals surface area (Å²) in [5.41, 5.74) is 6.43. The SMILES string of the molecule is CC(=NNC(=O)CCC(=O)Nc1ccc(C)cc1C)C1CC1. The van der Waals surface area contributed by atoms with Gasteiger partial charge < -0.3 is 5.32 Å². The molecule has 0 radical (unpaired) electrons. The molecule has 0 saturated heterocycles. The number of amides is 2. The van der Waals surface area contributed by atoms with Gasteiger partial charge in [0.25, 0.3) is 0 Å². The number of carbonyl (C=O) groups excluding carboxylic acids is 2. The minimum absolute atomic E-state index is 0.137. The van der Waals surface area contributed by atoms with E-state index in [0.29, 0.717) is 5.92 Å². The van der Waals surface area contributed by atoms with Gasteiger partial charge in [0.1, 0.15) is 0 Å². The van der Waals surface area contributed by atoms with E-state index < -0.39 is 0 Å². The first-order valence-electron chi connectivity index (χ1n) is 7.66. The van der Waals surface area contributed by atoms with Gasteiger partial charge in [-0.3, -0.25) is 9.59 Å². The fourth-order valence-electron chi connectivity index (χ4n) is 2.19. The Morgan fingerprint density at radius 2 is 1.86 bits per heavy atom. The third-order valence-electron chi connectivity index (χ3n) is 3.76. The molecular weight excluding hydrogens is 278 g/mol. The second kappa shape index (κ2) is 7.20. The molecule has 1 aromatic rings. The fraction of sp³-hybridized carbons (Fsp3) is 0.471. The third-order valence-corrected chi connectivity index (χ3v) is 3.76. The van der Waals surface area contributed by atoms with Crippen LogP contribution in [-0.4, -0.2) is 17.5 Å². The minimum Gasteiger partial charge on any atom is -0.326 e. The van der Waals surface area contributed by atoms with E-state index in [2.05, 4.69) is 15.8 Å². The topological polar surface area (TPSA) is 70.6 Å². The van der Waals surface area contributed by atoms with Gasteiger partial charge >= 0.3 is 0 Å². The molecule has 1 aliphatic rings. The van der Waals surface area contributed by atoms with Crippen LogP contribution in [0, 0.1) is 19.8 Å². The van der Waals surface area contributed by atoms with Crippen molar-refractivity contribution in [1.29, 1.82) is 0 Å². The van der Waals surface area contributed by atoms with Crippen molar-refractivity contribution in [1.82, 2.24) is 5.43 Å². The van der Waals surface area contributed by atoms with Crippen LogP contribution in [0.5, 0.6) is 0 Å². The maximum absolute atomic E-state index is 11.9. The number of benzene rings is 1. The lowest BCUT2D eigenvalue weighted by Crippen LogP contribution is -2.22. The number of hydrazone groups is 1. The Labute approximate surface area is 131 Å². The van der Waals surface area contributed by atoms with E-state index in [1.54, 1.807) is 0 Å². The standard InChI is InChI=1S/C17H23N3O2/c1-11-4-7-15(12(2)10-11)18-16(21)8-9-17(22)20-19-13(3)14-5-6-14/h4,7,10,14H,5-6,8-9H2,1-3H3,(H,18,21)(H,20,22). The zero-order valence-electron chi connectivity index (χ0n) is 13.4. The molecule has 1 fully saturated rings. The van der Waals surface area contributed by atoms with Crippen LogP contribution < -0.4 is 10.7 Å². The Kier molecular flexibility index (Phi) is 5.31. The molecule has 2 amide bonds. The number of carbonyl (C=O) groups is 2. The molecule has 2 rings (SSSR count). The summed E-state index contributed by atoms with van der Waals surface area (Å²) in [6.07, 6.45) is 2.60. The molecule has 0 aliphatic heterocycles. The van der Waals surface area contributed by atoms with Crippen molar-refractivity contribution in [3.8, 4) is 0 Å². The molecule has 0 atom stereocenters. The van der Waals surface area contributed by atoms with Gasteiger partial charge in [-0.1, -0.05) is 17.7 Å². The van der Waals surface area contributed by atoms with Crippen LogP contribution in [0.2, 0.25) is 0 Å². The smallest absolute Gasteiger partial charge is 0.240 e. The summed E-state index contributed by atoms with van der Waals surface area (Å²) in [6, 6.07) is 5.84. The zero-order chi connectivity index (χ0) is 16.1. The molecule has 5 nitrogen and oxygen atoms in total. The van der Waals surface area contributed by atoms with E-state index in [-0.39, 0.29) is 24.7 Å². The lowest BCUT2D eigenvalue weighted by Gasteiger charge is -2.09. The average Bonchev–Trinajstić information content (AvgIpc) is 3.30. The molecule has 0 bridgehead atoms. The van der Waals surface area contributed by atoms with Gasteiger partial charge in [0.2, 0.25) is 11.8 Å². The van der Waals surface area contributed by atoms with Crippen molar-refractivity contribution in [2.75, 3.05) is 5.32 Å². The summed E-state index contributed by atoms with van der Waals surface area (Å²) in [5, 5.41) is 6.89. The molecule has 5 heteroatoms. The van der Waals surface area contributed by atoms with Crippen molar-refractivity contribution >= 4 is 23.2 Å². The summed E-state index contributed by atoms with van der Waals surface area (Å²) in [6.45, 7) is 5.88. The highest BCUT2D eigenvalue weighted by atomic mass is 16.2. The molecule has 1 saturated carbocycles. The summed E-state index contributed by atoms with van der Waals surface area (Å²) in [5.74, 6) is 0.147. The first kappa shape index (κ1) is 16.2. The largest absolute Gasteiger partial charge is 0.326 e. The number of nitrogens with zero attached hydrogens (tertiary/aromatic N) is 1. The Bertz CT molecular complexity index is 604. The van der Waals surface area contributed by atoms with Crippen molar-refractivity contribution in [2.45, 2.75) is 46.5 Å². The Morgan fingerprint density at radius 1 is 1.18 bits per heavy atom. The van der Waals surface area contributed by atoms with Gasteiger partial charge in [-0.2, -0.15) is 5.10 Å². The van der Waals surface area contributed by atoms with E-state index in [1.165, 1.54) is 0 Å². The molecule has 0 unspecified atom stereocenters. The summed E-state index contributed by atoms with van der Waals surface area (Å²) < 4.78 is 0. The molecule has 0 spiro atoms. The number of aryl methyl sites for hydroxylation is 2. The van der Waals surface area contributed by atoms with Crippen molar-refractivity contribution in [3.05, 3.63) is 29.3 Å². The maximum Gasteiger partial charge on any atom is 0.240 e. The molecule has 22 heavy (non-hydrogen) atoms. The summed E-state index contributed by atoms with van der Waals surface area (Å²) in [7, 11) is 0. The van der Waals surface area contributed by atoms with Crippen LogP contribution in [0.3, 0.4) is 0 Å². The van der Waals surface area contributed by atoms with Crippen LogP contribution in [-0.2, 0) is 9.59 Å². The molecule has 0 heterocycles. The highest BCUT2D eigenvalue weighted by molar-refractivity contribution is 5.94. The fourth-order valence-corrected chi connectivity index (χ4v) is 2.19. The number of nitrogens with one attached hydrogen (secondary N) is 2. The molecule has 1 aromatic carbocycles. The molecule has 1 aliphatic carbocycles. The second-order valence-electron chi connectivity index (χ2n) is 5.93. The highest BCUT2D eigenvalue weighted by Gasteiger charge is 2.24. The second-order valence-corrected chi connectivity index (χ2v) is 5.93. The van der Waals surface area contributed by atoms with Gasteiger partial charge in [-0.25, -0.2) is 5.43 Å². The average molecular weight is 301 g/mol. The number of hydrogen-bond acceptors (Lipinski definition) is 3. The van der Waals surface area contributed by atoms with Crippen LogP contribution in [0.1, 0.15) is 43.7 Å². The van der Waals surface area contributed by atoms with E-state index in [1.807, 2.05) is 39.0 Å². The monoisotopic (exact) mass is 301 g/mol. The predicted octanol–water partition coefficient (Wildman–Crippen LogP) is 2.92. The van der Waals surface area contributed by atoms with Gasteiger partial charge in [-0.05, 0) is 51.2 Å². The van der Waals surface area contributed by atoms with Gasteiger partial charge in [0, 0.05) is 24.2 Å². The minimum atomic E-state index is -0.226. The summed E-state index contributed by atoms with van der Waals surface area (Å²) >= 11 is 0. The van der Waals surface area contributed by atoms with Gasteiger partial charge in [-0.15, -0.1) is 0 Å². The molecule has 118 valence electrons. The van der Waals surface area contributed by atoms with E-state index in [4.69, 9.17) is 0 Å². The lowest BCUT2D eigenvalue weighted by atomic mass is 10.1. The Hall–Kier alpha value is -2.17. The first-order chi connectivity index (χ1) is 10.5. The molecule has 0 aromatic heterocycles.